The molecule has 1 heterocycles. The van der Waals surface area contributed by atoms with Crippen LogP contribution in [-0.2, 0) is 5.41 Å². The van der Waals surface area contributed by atoms with E-state index in [1.165, 1.54) is 24.8 Å². The lowest BCUT2D eigenvalue weighted by atomic mass is 9.85. The van der Waals surface area contributed by atoms with Crippen LogP contribution in [0.2, 0.25) is 0 Å². The smallest absolute Gasteiger partial charge is 0.180 e. The fourth-order valence-corrected chi connectivity index (χ4v) is 2.80. The molecular formula is C18H27NO2. The molecule has 116 valence electrons. The van der Waals surface area contributed by atoms with Gasteiger partial charge in [0, 0.05) is 0 Å². The van der Waals surface area contributed by atoms with Gasteiger partial charge in [-0.15, -0.1) is 0 Å². The summed E-state index contributed by atoms with van der Waals surface area (Å²) in [6, 6.07) is 5.98. The van der Waals surface area contributed by atoms with Crippen LogP contribution in [0.25, 0.3) is 0 Å². The second-order valence-corrected chi connectivity index (χ2v) is 6.93. The molecule has 0 spiro atoms. The van der Waals surface area contributed by atoms with E-state index in [1.807, 2.05) is 12.1 Å². The predicted molar refractivity (Wildman–Crippen MR) is 86.3 cm³/mol. The summed E-state index contributed by atoms with van der Waals surface area (Å²) in [4.78, 5) is 14.9. The summed E-state index contributed by atoms with van der Waals surface area (Å²) in [5.41, 5.74) is 1.92. The lowest BCUT2D eigenvalue weighted by Crippen LogP contribution is -2.34. The van der Waals surface area contributed by atoms with E-state index in [0.29, 0.717) is 12.3 Å². The Kier molecular flexibility index (Phi) is 5.04. The van der Waals surface area contributed by atoms with E-state index in [9.17, 15) is 4.79 Å². The first-order chi connectivity index (χ1) is 9.91. The maximum atomic E-state index is 12.7. The van der Waals surface area contributed by atoms with Gasteiger partial charge in [0.25, 0.3) is 0 Å². The Hall–Kier alpha value is -1.35. The quantitative estimate of drug-likeness (QED) is 0.792. The van der Waals surface area contributed by atoms with Gasteiger partial charge in [-0.1, -0.05) is 33.3 Å². The molecule has 1 fully saturated rings. The Morgan fingerprint density at radius 3 is 2.43 bits per heavy atom. The number of carbonyl (C=O) groups excluding carboxylic acids is 1. The van der Waals surface area contributed by atoms with Crippen molar-refractivity contribution < 1.29 is 9.53 Å². The fourth-order valence-electron chi connectivity index (χ4n) is 2.80. The van der Waals surface area contributed by atoms with E-state index in [4.69, 9.17) is 4.74 Å². The van der Waals surface area contributed by atoms with Crippen molar-refractivity contribution in [2.75, 3.05) is 26.7 Å². The fraction of sp³-hybridized carbons (Fsp3) is 0.611. The predicted octanol–water partition coefficient (Wildman–Crippen LogP) is 3.66. The zero-order valence-electron chi connectivity index (χ0n) is 13.7. The molecule has 1 aromatic rings. The van der Waals surface area contributed by atoms with E-state index in [1.54, 1.807) is 7.11 Å². The maximum absolute atomic E-state index is 12.7. The summed E-state index contributed by atoms with van der Waals surface area (Å²) in [6.45, 7) is 9.05. The molecule has 0 radical (unpaired) electrons. The number of likely N-dealkylation sites (tertiary alicyclic amines) is 1. The number of piperidine rings is 1. The zero-order chi connectivity index (χ0) is 15.5. The molecule has 1 saturated heterocycles. The van der Waals surface area contributed by atoms with E-state index in [2.05, 4.69) is 31.7 Å². The van der Waals surface area contributed by atoms with Crippen molar-refractivity contribution >= 4 is 5.78 Å². The Labute approximate surface area is 128 Å². The van der Waals surface area contributed by atoms with E-state index < -0.39 is 0 Å². The molecule has 0 unspecified atom stereocenters. The summed E-state index contributed by atoms with van der Waals surface area (Å²) in [5.74, 6) is 0.852. The van der Waals surface area contributed by atoms with Crippen LogP contribution < -0.4 is 4.74 Å². The first-order valence-corrected chi connectivity index (χ1v) is 7.86. The van der Waals surface area contributed by atoms with Crippen molar-refractivity contribution in [2.45, 2.75) is 45.4 Å². The number of carbonyl (C=O) groups is 1. The summed E-state index contributed by atoms with van der Waals surface area (Å²) in [7, 11) is 1.63. The topological polar surface area (TPSA) is 29.5 Å². The molecule has 0 aromatic heterocycles. The molecule has 0 atom stereocenters. The van der Waals surface area contributed by atoms with Gasteiger partial charge in [0.1, 0.15) is 5.75 Å². The Morgan fingerprint density at radius 2 is 1.86 bits per heavy atom. The second kappa shape index (κ2) is 6.61. The molecule has 3 nitrogen and oxygen atoms in total. The first-order valence-electron chi connectivity index (χ1n) is 7.86. The SMILES string of the molecule is COc1ccc(C(C)(C)C)cc1C(=O)CN1CCCCC1. The van der Waals surface area contributed by atoms with Gasteiger partial charge in [-0.3, -0.25) is 9.69 Å². The van der Waals surface area contributed by atoms with Crippen LogP contribution in [-0.4, -0.2) is 37.4 Å². The standard InChI is InChI=1S/C18H27NO2/c1-18(2,3)14-8-9-17(21-4)15(12-14)16(20)13-19-10-6-5-7-11-19/h8-9,12H,5-7,10-11,13H2,1-4H3. The third-order valence-electron chi connectivity index (χ3n) is 4.18. The van der Waals surface area contributed by atoms with Gasteiger partial charge in [0.05, 0.1) is 19.2 Å². The lowest BCUT2D eigenvalue weighted by molar-refractivity contribution is 0.0912. The zero-order valence-corrected chi connectivity index (χ0v) is 13.7. The molecule has 1 aromatic carbocycles. The van der Waals surface area contributed by atoms with Gasteiger partial charge in [-0.2, -0.15) is 0 Å². The van der Waals surface area contributed by atoms with Crippen LogP contribution in [0.5, 0.6) is 5.75 Å². The largest absolute Gasteiger partial charge is 0.496 e. The highest BCUT2D eigenvalue weighted by molar-refractivity contribution is 6.00. The molecule has 0 N–H and O–H groups in total. The molecule has 0 amide bonds. The number of benzene rings is 1. The van der Waals surface area contributed by atoms with Crippen molar-refractivity contribution in [2.24, 2.45) is 0 Å². The third kappa shape index (κ3) is 4.07. The highest BCUT2D eigenvalue weighted by Gasteiger charge is 2.21. The first kappa shape index (κ1) is 16.0. The van der Waals surface area contributed by atoms with Crippen LogP contribution in [0.1, 0.15) is 56.0 Å². The molecule has 2 rings (SSSR count). The molecule has 1 aliphatic heterocycles. The van der Waals surface area contributed by atoms with Crippen LogP contribution >= 0.6 is 0 Å². The minimum Gasteiger partial charge on any atom is -0.496 e. The summed E-state index contributed by atoms with van der Waals surface area (Å²) in [5, 5.41) is 0. The average Bonchev–Trinajstić information content (AvgIpc) is 2.46. The monoisotopic (exact) mass is 289 g/mol. The Bertz CT molecular complexity index is 496. The molecule has 0 saturated carbocycles. The van der Waals surface area contributed by atoms with Crippen molar-refractivity contribution in [3.8, 4) is 5.75 Å². The van der Waals surface area contributed by atoms with E-state index >= 15 is 0 Å². The number of methoxy groups -OCH3 is 1. The molecule has 3 heteroatoms. The number of ketones is 1. The van der Waals surface area contributed by atoms with Crippen LogP contribution in [0.4, 0.5) is 0 Å². The van der Waals surface area contributed by atoms with Gasteiger partial charge in [-0.25, -0.2) is 0 Å². The number of hydrogen-bond donors (Lipinski definition) is 0. The van der Waals surface area contributed by atoms with Crippen molar-refractivity contribution in [1.82, 2.24) is 4.90 Å². The van der Waals surface area contributed by atoms with Crippen LogP contribution in [0.15, 0.2) is 18.2 Å². The molecular weight excluding hydrogens is 262 g/mol. The van der Waals surface area contributed by atoms with Crippen molar-refractivity contribution in [3.63, 3.8) is 0 Å². The highest BCUT2D eigenvalue weighted by Crippen LogP contribution is 2.28. The van der Waals surface area contributed by atoms with Gasteiger partial charge in [0.15, 0.2) is 5.78 Å². The van der Waals surface area contributed by atoms with Gasteiger partial charge < -0.3 is 4.74 Å². The van der Waals surface area contributed by atoms with Gasteiger partial charge >= 0.3 is 0 Å². The van der Waals surface area contributed by atoms with Crippen LogP contribution in [0, 0.1) is 0 Å². The molecule has 0 aliphatic carbocycles. The third-order valence-corrected chi connectivity index (χ3v) is 4.18. The normalized spacial score (nSPS) is 16.8. The highest BCUT2D eigenvalue weighted by atomic mass is 16.5. The molecule has 0 bridgehead atoms. The summed E-state index contributed by atoms with van der Waals surface area (Å²) < 4.78 is 5.38. The lowest BCUT2D eigenvalue weighted by Gasteiger charge is -2.26. The summed E-state index contributed by atoms with van der Waals surface area (Å²) in [6.07, 6.45) is 3.69. The number of ether oxygens (including phenoxy) is 1. The van der Waals surface area contributed by atoms with E-state index in [0.717, 1.165) is 18.7 Å². The number of rotatable bonds is 4. The summed E-state index contributed by atoms with van der Waals surface area (Å²) >= 11 is 0. The second-order valence-electron chi connectivity index (χ2n) is 6.93. The Morgan fingerprint density at radius 1 is 1.19 bits per heavy atom. The number of nitrogens with zero attached hydrogens (tertiary/aromatic N) is 1. The van der Waals surface area contributed by atoms with Crippen LogP contribution in [0.3, 0.4) is 0 Å². The minimum absolute atomic E-state index is 0.0342. The van der Waals surface area contributed by atoms with Crippen molar-refractivity contribution in [3.05, 3.63) is 29.3 Å². The number of Topliss-reactive ketones (excluding diaryl/α,β-unsaturated/α-hetero) is 1. The molecule has 1 aliphatic rings. The Balaban J connectivity index is 2.21. The van der Waals surface area contributed by atoms with Crippen molar-refractivity contribution in [1.29, 1.82) is 0 Å². The maximum Gasteiger partial charge on any atom is 0.180 e. The van der Waals surface area contributed by atoms with Gasteiger partial charge in [0.2, 0.25) is 0 Å². The van der Waals surface area contributed by atoms with Gasteiger partial charge in [-0.05, 0) is 49.0 Å². The minimum atomic E-state index is 0.0342. The molecule has 21 heavy (non-hydrogen) atoms. The number of hydrogen-bond acceptors (Lipinski definition) is 3. The van der Waals surface area contributed by atoms with E-state index in [-0.39, 0.29) is 11.2 Å². The average molecular weight is 289 g/mol.